The SMILES string of the molecule is CCCCCCCCCCCCCCCC=Cc1nc(N)n[nH]1. The molecule has 4 nitrogen and oxygen atoms in total. The van der Waals surface area contributed by atoms with Gasteiger partial charge in [0, 0.05) is 0 Å². The van der Waals surface area contributed by atoms with Crippen molar-refractivity contribution in [1.29, 1.82) is 0 Å². The van der Waals surface area contributed by atoms with Crippen molar-refractivity contribution in [2.45, 2.75) is 96.8 Å². The van der Waals surface area contributed by atoms with E-state index < -0.39 is 0 Å². The van der Waals surface area contributed by atoms with E-state index in [-0.39, 0.29) is 0 Å². The Kier molecular flexibility index (Phi) is 12.3. The highest BCUT2D eigenvalue weighted by molar-refractivity contribution is 5.40. The maximum atomic E-state index is 5.45. The number of aromatic amines is 1. The zero-order valence-electron chi connectivity index (χ0n) is 15.0. The smallest absolute Gasteiger partial charge is 0.239 e. The first kappa shape index (κ1) is 19.7. The molecule has 1 rings (SSSR count). The summed E-state index contributed by atoms with van der Waals surface area (Å²) in [4.78, 5) is 4.04. The number of hydrogen-bond acceptors (Lipinski definition) is 3. The van der Waals surface area contributed by atoms with E-state index in [4.69, 9.17) is 5.73 Å². The molecule has 0 fully saturated rings. The maximum absolute atomic E-state index is 5.45. The van der Waals surface area contributed by atoms with E-state index in [1.165, 1.54) is 83.5 Å². The summed E-state index contributed by atoms with van der Waals surface area (Å²) in [5.41, 5.74) is 5.45. The van der Waals surface area contributed by atoms with Gasteiger partial charge in [0.25, 0.3) is 0 Å². The zero-order valence-corrected chi connectivity index (χ0v) is 15.0. The van der Waals surface area contributed by atoms with Crippen LogP contribution >= 0.6 is 0 Å². The van der Waals surface area contributed by atoms with Crippen LogP contribution in [0.4, 0.5) is 5.95 Å². The average Bonchev–Trinajstić information content (AvgIpc) is 2.96. The van der Waals surface area contributed by atoms with Gasteiger partial charge in [0.15, 0.2) is 0 Å². The van der Waals surface area contributed by atoms with Crippen LogP contribution in [0.25, 0.3) is 6.08 Å². The van der Waals surface area contributed by atoms with Crippen LogP contribution in [-0.2, 0) is 0 Å². The zero-order chi connectivity index (χ0) is 16.6. The minimum atomic E-state index is 0.311. The van der Waals surface area contributed by atoms with Gasteiger partial charge < -0.3 is 5.73 Å². The molecule has 0 aliphatic carbocycles. The van der Waals surface area contributed by atoms with Crippen LogP contribution < -0.4 is 5.73 Å². The Morgan fingerprint density at radius 3 is 1.83 bits per heavy atom. The van der Waals surface area contributed by atoms with Crippen LogP contribution in [0.15, 0.2) is 6.08 Å². The first-order chi connectivity index (χ1) is 11.3. The largest absolute Gasteiger partial charge is 0.366 e. The van der Waals surface area contributed by atoms with Crippen molar-refractivity contribution < 1.29 is 0 Å². The first-order valence-corrected chi connectivity index (χ1v) is 9.67. The van der Waals surface area contributed by atoms with E-state index in [0.29, 0.717) is 5.95 Å². The Hall–Kier alpha value is -1.32. The molecule has 0 aliphatic rings. The number of hydrogen-bond donors (Lipinski definition) is 2. The number of nitrogens with zero attached hydrogens (tertiary/aromatic N) is 2. The molecule has 1 aromatic heterocycles. The van der Waals surface area contributed by atoms with Gasteiger partial charge in [-0.2, -0.15) is 4.98 Å². The number of nitrogens with one attached hydrogen (secondary N) is 1. The number of anilines is 1. The fourth-order valence-electron chi connectivity index (χ4n) is 2.84. The number of allylic oxidation sites excluding steroid dienone is 1. The summed E-state index contributed by atoms with van der Waals surface area (Å²) in [7, 11) is 0. The molecule has 3 N–H and O–H groups in total. The molecule has 1 heterocycles. The molecular formula is C19H36N4. The highest BCUT2D eigenvalue weighted by Crippen LogP contribution is 2.13. The molecule has 0 amide bonds. The molecule has 0 aliphatic heterocycles. The molecule has 23 heavy (non-hydrogen) atoms. The lowest BCUT2D eigenvalue weighted by atomic mass is 10.0. The van der Waals surface area contributed by atoms with E-state index in [1.54, 1.807) is 0 Å². The Bertz CT molecular complexity index is 398. The van der Waals surface area contributed by atoms with Gasteiger partial charge in [-0.1, -0.05) is 90.0 Å². The van der Waals surface area contributed by atoms with Crippen molar-refractivity contribution in [2.75, 3.05) is 5.73 Å². The van der Waals surface area contributed by atoms with Crippen LogP contribution in [0.5, 0.6) is 0 Å². The summed E-state index contributed by atoms with van der Waals surface area (Å²) >= 11 is 0. The number of rotatable bonds is 15. The second-order valence-corrected chi connectivity index (χ2v) is 6.51. The molecule has 0 spiro atoms. The van der Waals surface area contributed by atoms with Gasteiger partial charge in [0.05, 0.1) is 0 Å². The third kappa shape index (κ3) is 11.8. The Morgan fingerprint density at radius 1 is 0.826 bits per heavy atom. The van der Waals surface area contributed by atoms with Gasteiger partial charge in [-0.05, 0) is 18.9 Å². The molecule has 0 bridgehead atoms. The van der Waals surface area contributed by atoms with Gasteiger partial charge in [0.2, 0.25) is 5.95 Å². The Morgan fingerprint density at radius 2 is 1.35 bits per heavy atom. The van der Waals surface area contributed by atoms with Crippen LogP contribution in [0, 0.1) is 0 Å². The van der Waals surface area contributed by atoms with Gasteiger partial charge in [0.1, 0.15) is 5.82 Å². The molecule has 0 radical (unpaired) electrons. The minimum Gasteiger partial charge on any atom is -0.366 e. The molecule has 0 saturated heterocycles. The number of nitrogen functional groups attached to an aromatic ring is 1. The fourth-order valence-corrected chi connectivity index (χ4v) is 2.84. The topological polar surface area (TPSA) is 67.6 Å². The highest BCUT2D eigenvalue weighted by atomic mass is 15.3. The lowest BCUT2D eigenvalue weighted by Crippen LogP contribution is -1.85. The van der Waals surface area contributed by atoms with Crippen molar-refractivity contribution in [3.63, 3.8) is 0 Å². The second kappa shape index (κ2) is 14.3. The third-order valence-corrected chi connectivity index (χ3v) is 4.27. The maximum Gasteiger partial charge on any atom is 0.239 e. The standard InChI is InChI=1S/C19H36N4/c1-2-3-4-5-6-7-8-9-10-11-12-13-14-15-16-17-18-21-19(20)23-22-18/h16-17H,2-15H2,1H3,(H3,20,21,22,23). The molecule has 1 aromatic rings. The monoisotopic (exact) mass is 320 g/mol. The first-order valence-electron chi connectivity index (χ1n) is 9.67. The number of aromatic nitrogens is 3. The van der Waals surface area contributed by atoms with Gasteiger partial charge in [-0.25, -0.2) is 0 Å². The Labute approximate surface area is 142 Å². The minimum absolute atomic E-state index is 0.311. The summed E-state index contributed by atoms with van der Waals surface area (Å²) in [6.45, 7) is 2.28. The molecule has 132 valence electrons. The lowest BCUT2D eigenvalue weighted by molar-refractivity contribution is 0.540. The third-order valence-electron chi connectivity index (χ3n) is 4.27. The number of unbranched alkanes of at least 4 members (excludes halogenated alkanes) is 13. The fraction of sp³-hybridized carbons (Fsp3) is 0.789. The van der Waals surface area contributed by atoms with Crippen molar-refractivity contribution in [3.05, 3.63) is 11.9 Å². The lowest BCUT2D eigenvalue weighted by Gasteiger charge is -2.02. The number of H-pyrrole nitrogens is 1. The molecule has 0 unspecified atom stereocenters. The van der Waals surface area contributed by atoms with E-state index in [2.05, 4.69) is 28.2 Å². The van der Waals surface area contributed by atoms with Crippen molar-refractivity contribution >= 4 is 12.0 Å². The molecule has 4 heteroatoms. The predicted octanol–water partition coefficient (Wildman–Crippen LogP) is 5.88. The average molecular weight is 321 g/mol. The van der Waals surface area contributed by atoms with Gasteiger partial charge >= 0.3 is 0 Å². The van der Waals surface area contributed by atoms with Crippen LogP contribution in [0.3, 0.4) is 0 Å². The quantitative estimate of drug-likeness (QED) is 0.396. The van der Waals surface area contributed by atoms with Crippen molar-refractivity contribution in [1.82, 2.24) is 15.2 Å². The van der Waals surface area contributed by atoms with Crippen LogP contribution in [-0.4, -0.2) is 15.2 Å². The van der Waals surface area contributed by atoms with Crippen LogP contribution in [0.1, 0.15) is 103 Å². The van der Waals surface area contributed by atoms with E-state index in [1.807, 2.05) is 6.08 Å². The van der Waals surface area contributed by atoms with E-state index in [9.17, 15) is 0 Å². The highest BCUT2D eigenvalue weighted by Gasteiger charge is 1.94. The van der Waals surface area contributed by atoms with Crippen LogP contribution in [0.2, 0.25) is 0 Å². The van der Waals surface area contributed by atoms with Gasteiger partial charge in [-0.3, -0.25) is 5.10 Å². The second-order valence-electron chi connectivity index (χ2n) is 6.51. The Balaban J connectivity index is 1.77. The predicted molar refractivity (Wildman–Crippen MR) is 100 cm³/mol. The molecular weight excluding hydrogens is 284 g/mol. The summed E-state index contributed by atoms with van der Waals surface area (Å²) in [5.74, 6) is 1.06. The summed E-state index contributed by atoms with van der Waals surface area (Å²) in [6, 6.07) is 0. The molecule has 0 saturated carbocycles. The summed E-state index contributed by atoms with van der Waals surface area (Å²) in [6.07, 6.45) is 23.4. The van der Waals surface area contributed by atoms with Crippen molar-refractivity contribution in [2.24, 2.45) is 0 Å². The molecule has 0 atom stereocenters. The van der Waals surface area contributed by atoms with Crippen molar-refractivity contribution in [3.8, 4) is 0 Å². The number of nitrogens with two attached hydrogens (primary N) is 1. The van der Waals surface area contributed by atoms with Gasteiger partial charge in [-0.15, -0.1) is 5.10 Å². The van der Waals surface area contributed by atoms with E-state index in [0.717, 1.165) is 12.2 Å². The normalized spacial score (nSPS) is 11.5. The molecule has 0 aromatic carbocycles. The summed E-state index contributed by atoms with van der Waals surface area (Å²) in [5, 5.41) is 6.58. The summed E-state index contributed by atoms with van der Waals surface area (Å²) < 4.78 is 0. The van der Waals surface area contributed by atoms with E-state index >= 15 is 0 Å².